The molecule has 2 N–H and O–H groups in total. The lowest BCUT2D eigenvalue weighted by atomic mass is 9.71. The number of alkyl halides is 2. The van der Waals surface area contributed by atoms with Gasteiger partial charge in [0.05, 0.1) is 17.9 Å². The van der Waals surface area contributed by atoms with Gasteiger partial charge in [-0.15, -0.1) is 0 Å². The molecular formula is C16H21F2N3O2. The van der Waals surface area contributed by atoms with E-state index in [9.17, 15) is 13.6 Å². The summed E-state index contributed by atoms with van der Waals surface area (Å²) in [5, 5.41) is 9.88. The molecule has 2 atom stereocenters. The number of hydrogen-bond donors (Lipinski definition) is 2. The minimum atomic E-state index is -2.47. The van der Waals surface area contributed by atoms with Gasteiger partial charge in [-0.1, -0.05) is 0 Å². The van der Waals surface area contributed by atoms with Gasteiger partial charge in [-0.3, -0.25) is 9.89 Å². The molecule has 2 heterocycles. The number of hydrogen-bond acceptors (Lipinski definition) is 3. The molecule has 0 aromatic carbocycles. The van der Waals surface area contributed by atoms with E-state index >= 15 is 0 Å². The van der Waals surface area contributed by atoms with Crippen molar-refractivity contribution in [3.05, 3.63) is 17.0 Å². The number of amides is 1. The van der Waals surface area contributed by atoms with E-state index in [0.29, 0.717) is 31.5 Å². The van der Waals surface area contributed by atoms with Crippen LogP contribution in [0.25, 0.3) is 0 Å². The summed E-state index contributed by atoms with van der Waals surface area (Å²) in [6, 6.07) is 0. The van der Waals surface area contributed by atoms with Gasteiger partial charge in [0.2, 0.25) is 0 Å². The largest absolute Gasteiger partial charge is 0.369 e. The summed E-state index contributed by atoms with van der Waals surface area (Å²) in [7, 11) is 0. The zero-order chi connectivity index (χ0) is 16.4. The van der Waals surface area contributed by atoms with Crippen LogP contribution in [0.15, 0.2) is 0 Å². The van der Waals surface area contributed by atoms with Gasteiger partial charge in [0.25, 0.3) is 11.8 Å². The summed E-state index contributed by atoms with van der Waals surface area (Å²) >= 11 is 0. The highest BCUT2D eigenvalue weighted by Crippen LogP contribution is 2.72. The second-order valence-corrected chi connectivity index (χ2v) is 7.40. The SMILES string of the molecule is C[C@@H]1Cc2c(C(=O)NCC3CC4(C3)CC4(F)F)n[nH]c2[C@H](C)O1. The second-order valence-electron chi connectivity index (χ2n) is 7.40. The summed E-state index contributed by atoms with van der Waals surface area (Å²) in [6.07, 6.45) is 1.64. The number of nitrogens with one attached hydrogen (secondary N) is 2. The normalized spacial score (nSPS) is 37.1. The molecule has 1 spiro atoms. The van der Waals surface area contributed by atoms with E-state index in [4.69, 9.17) is 4.74 Å². The molecule has 2 saturated carbocycles. The number of rotatable bonds is 3. The van der Waals surface area contributed by atoms with Crippen molar-refractivity contribution in [3.63, 3.8) is 0 Å². The number of aromatic nitrogens is 2. The van der Waals surface area contributed by atoms with Crippen LogP contribution < -0.4 is 5.32 Å². The van der Waals surface area contributed by atoms with Crippen molar-refractivity contribution in [2.45, 2.75) is 57.7 Å². The first kappa shape index (κ1) is 15.1. The third-order valence-electron chi connectivity index (χ3n) is 5.57. The lowest BCUT2D eigenvalue weighted by Gasteiger charge is -2.35. The van der Waals surface area contributed by atoms with E-state index in [1.54, 1.807) is 0 Å². The third kappa shape index (κ3) is 2.28. The first-order chi connectivity index (χ1) is 10.8. The van der Waals surface area contributed by atoms with Crippen molar-refractivity contribution in [2.75, 3.05) is 6.54 Å². The minimum absolute atomic E-state index is 0.0209. The molecule has 7 heteroatoms. The Kier molecular flexibility index (Phi) is 3.11. The zero-order valence-corrected chi connectivity index (χ0v) is 13.3. The minimum Gasteiger partial charge on any atom is -0.369 e. The van der Waals surface area contributed by atoms with Crippen molar-refractivity contribution in [2.24, 2.45) is 11.3 Å². The summed E-state index contributed by atoms with van der Waals surface area (Å²) in [6.45, 7) is 4.34. The van der Waals surface area contributed by atoms with Gasteiger partial charge >= 0.3 is 0 Å². The van der Waals surface area contributed by atoms with E-state index in [1.807, 2.05) is 13.8 Å². The Bertz CT molecular complexity index is 652. The van der Waals surface area contributed by atoms with Gasteiger partial charge < -0.3 is 10.1 Å². The van der Waals surface area contributed by atoms with Crippen LogP contribution in [0.5, 0.6) is 0 Å². The van der Waals surface area contributed by atoms with Crippen molar-refractivity contribution in [3.8, 4) is 0 Å². The van der Waals surface area contributed by atoms with Gasteiger partial charge in [-0.2, -0.15) is 5.10 Å². The monoisotopic (exact) mass is 325 g/mol. The number of carbonyl (C=O) groups excluding carboxylic acids is 1. The van der Waals surface area contributed by atoms with Crippen molar-refractivity contribution in [1.29, 1.82) is 0 Å². The van der Waals surface area contributed by atoms with Gasteiger partial charge in [0.15, 0.2) is 5.69 Å². The number of nitrogens with zero attached hydrogens (tertiary/aromatic N) is 1. The number of halogens is 2. The van der Waals surface area contributed by atoms with E-state index in [1.165, 1.54) is 0 Å². The molecule has 5 nitrogen and oxygen atoms in total. The molecule has 0 unspecified atom stereocenters. The molecule has 2 aliphatic carbocycles. The first-order valence-electron chi connectivity index (χ1n) is 8.20. The molecule has 1 aromatic heterocycles. The standard InChI is InChI=1S/C16H21F2N3O2/c1-8-3-11-12(9(2)23-8)20-21-13(11)14(22)19-6-10-4-15(5-10)7-16(15,17)18/h8-10H,3-7H2,1-2H3,(H,19,22)(H,20,21)/t8-,9+,10?,15?/m1/s1. The number of H-pyrrole nitrogens is 1. The van der Waals surface area contributed by atoms with Crippen LogP contribution >= 0.6 is 0 Å². The summed E-state index contributed by atoms with van der Waals surface area (Å²) in [4.78, 5) is 12.4. The van der Waals surface area contributed by atoms with Crippen LogP contribution in [0.4, 0.5) is 8.78 Å². The van der Waals surface area contributed by atoms with Crippen molar-refractivity contribution in [1.82, 2.24) is 15.5 Å². The average molecular weight is 325 g/mol. The Morgan fingerprint density at radius 1 is 1.43 bits per heavy atom. The summed E-state index contributed by atoms with van der Waals surface area (Å²) in [5.41, 5.74) is 1.43. The molecule has 2 fully saturated rings. The Morgan fingerprint density at radius 3 is 2.78 bits per heavy atom. The number of ether oxygens (including phenoxy) is 1. The number of carbonyl (C=O) groups is 1. The third-order valence-corrected chi connectivity index (χ3v) is 5.57. The maximum atomic E-state index is 13.2. The smallest absolute Gasteiger partial charge is 0.272 e. The fourth-order valence-electron chi connectivity index (χ4n) is 4.20. The molecule has 126 valence electrons. The quantitative estimate of drug-likeness (QED) is 0.898. The van der Waals surface area contributed by atoms with E-state index < -0.39 is 11.3 Å². The highest BCUT2D eigenvalue weighted by molar-refractivity contribution is 5.94. The number of fused-ring (bicyclic) bond motifs is 1. The maximum Gasteiger partial charge on any atom is 0.272 e. The Hall–Kier alpha value is -1.50. The van der Waals surface area contributed by atoms with Gasteiger partial charge in [0, 0.05) is 30.4 Å². The van der Waals surface area contributed by atoms with Crippen LogP contribution in [0.3, 0.4) is 0 Å². The van der Waals surface area contributed by atoms with E-state index in [0.717, 1.165) is 11.3 Å². The topological polar surface area (TPSA) is 67.0 Å². The molecule has 3 aliphatic rings. The predicted molar refractivity (Wildman–Crippen MR) is 78.3 cm³/mol. The lowest BCUT2D eigenvalue weighted by molar-refractivity contribution is -0.00698. The number of aromatic amines is 1. The van der Waals surface area contributed by atoms with Gasteiger partial charge in [0.1, 0.15) is 0 Å². The molecule has 0 bridgehead atoms. The molecular weight excluding hydrogens is 304 g/mol. The van der Waals surface area contributed by atoms with Gasteiger partial charge in [-0.25, -0.2) is 8.78 Å². The van der Waals surface area contributed by atoms with Gasteiger partial charge in [-0.05, 0) is 32.6 Å². The molecule has 1 amide bonds. The summed E-state index contributed by atoms with van der Waals surface area (Å²) < 4.78 is 32.1. The molecule has 1 aliphatic heterocycles. The molecule has 1 aromatic rings. The van der Waals surface area contributed by atoms with Crippen LogP contribution in [0.1, 0.15) is 61.0 Å². The predicted octanol–water partition coefficient (Wildman–Crippen LogP) is 2.60. The highest BCUT2D eigenvalue weighted by atomic mass is 19.3. The Morgan fingerprint density at radius 2 is 2.13 bits per heavy atom. The molecule has 4 rings (SSSR count). The van der Waals surface area contributed by atoms with E-state index in [2.05, 4.69) is 15.5 Å². The maximum absolute atomic E-state index is 13.2. The Labute approximate surface area is 133 Å². The van der Waals surface area contributed by atoms with E-state index in [-0.39, 0.29) is 30.5 Å². The summed E-state index contributed by atoms with van der Waals surface area (Å²) in [5.74, 6) is -2.54. The fourth-order valence-corrected chi connectivity index (χ4v) is 4.20. The van der Waals surface area contributed by atoms with Crippen LogP contribution in [-0.2, 0) is 11.2 Å². The highest BCUT2D eigenvalue weighted by Gasteiger charge is 2.75. The zero-order valence-electron chi connectivity index (χ0n) is 13.3. The lowest BCUT2D eigenvalue weighted by Crippen LogP contribution is -2.39. The Balaban J connectivity index is 1.36. The second kappa shape index (κ2) is 4.75. The van der Waals surface area contributed by atoms with Crippen LogP contribution in [0, 0.1) is 11.3 Å². The first-order valence-corrected chi connectivity index (χ1v) is 8.20. The molecule has 23 heavy (non-hydrogen) atoms. The van der Waals surface area contributed by atoms with Crippen LogP contribution in [0.2, 0.25) is 0 Å². The molecule has 0 radical (unpaired) electrons. The average Bonchev–Trinajstić information content (AvgIpc) is 2.78. The molecule has 0 saturated heterocycles. The van der Waals surface area contributed by atoms with Crippen LogP contribution in [-0.4, -0.2) is 34.7 Å². The van der Waals surface area contributed by atoms with Crippen molar-refractivity contribution < 1.29 is 18.3 Å². The van der Waals surface area contributed by atoms with Crippen molar-refractivity contribution >= 4 is 5.91 Å². The fraction of sp³-hybridized carbons (Fsp3) is 0.750.